The number of benzene rings is 4. The number of anilines is 1. The zero-order valence-corrected chi connectivity index (χ0v) is 24.8. The van der Waals surface area contributed by atoms with Gasteiger partial charge < -0.3 is 5.32 Å². The van der Waals surface area contributed by atoms with Crippen molar-refractivity contribution in [1.29, 1.82) is 0 Å². The van der Waals surface area contributed by atoms with Gasteiger partial charge in [-0.2, -0.15) is 0 Å². The summed E-state index contributed by atoms with van der Waals surface area (Å²) in [6.45, 7) is 15.7. The Labute approximate surface area is 231 Å². The summed E-state index contributed by atoms with van der Waals surface area (Å²) in [6, 6.07) is 37.1. The predicted octanol–water partition coefficient (Wildman–Crippen LogP) is 8.88. The molecule has 0 aliphatic heterocycles. The van der Waals surface area contributed by atoms with E-state index >= 15 is 0 Å². The fraction of sp³-hybridized carbons (Fsp3) is 0.286. The molecule has 0 spiro atoms. The van der Waals surface area contributed by atoms with Crippen molar-refractivity contribution < 1.29 is 0 Å². The third kappa shape index (κ3) is 6.43. The summed E-state index contributed by atoms with van der Waals surface area (Å²) in [5, 5.41) is 7.83. The molecule has 0 aliphatic carbocycles. The first-order valence-corrected chi connectivity index (χ1v) is 15.0. The van der Waals surface area contributed by atoms with Crippen LogP contribution in [0.5, 0.6) is 0 Å². The first kappa shape index (κ1) is 27.8. The summed E-state index contributed by atoms with van der Waals surface area (Å²) >= 11 is 0. The molecule has 0 saturated heterocycles. The number of amidine groups is 1. The van der Waals surface area contributed by atoms with Gasteiger partial charge in [0.2, 0.25) is 0 Å². The van der Waals surface area contributed by atoms with Crippen LogP contribution in [0, 0.1) is 5.41 Å². The van der Waals surface area contributed by atoms with Crippen molar-refractivity contribution in [2.24, 2.45) is 10.4 Å². The normalized spacial score (nSPS) is 12.4. The fourth-order valence-electron chi connectivity index (χ4n) is 4.62. The first-order valence-electron chi connectivity index (χ1n) is 13.6. The third-order valence-corrected chi connectivity index (χ3v) is 9.20. The number of hydrogen-bond acceptors (Lipinski definition) is 1. The molecule has 196 valence electrons. The number of rotatable bonds is 7. The molecule has 0 heterocycles. The second-order valence-electron chi connectivity index (χ2n) is 11.5. The molecule has 0 unspecified atom stereocenters. The average Bonchev–Trinajstić information content (AvgIpc) is 2.90. The molecule has 4 rings (SSSR count). The van der Waals surface area contributed by atoms with E-state index in [1.54, 1.807) is 0 Å². The van der Waals surface area contributed by atoms with Crippen LogP contribution in [-0.2, 0) is 0 Å². The number of hydrogen-bond donors (Lipinski definition) is 1. The first-order chi connectivity index (χ1) is 18.2. The van der Waals surface area contributed by atoms with E-state index in [1.165, 1.54) is 27.0 Å². The zero-order valence-electron chi connectivity index (χ0n) is 23.9. The SMILES string of the molecule is CC(C)c1cccc(C(C)C)c1N=C(Nc1ccccc1P(c1ccccc1)c1ccccc1)C(C)(C)C. The molecule has 0 aromatic heterocycles. The topological polar surface area (TPSA) is 24.4 Å². The van der Waals surface area contributed by atoms with Crippen LogP contribution < -0.4 is 21.2 Å². The summed E-state index contributed by atoms with van der Waals surface area (Å²) in [4.78, 5) is 5.43. The maximum atomic E-state index is 5.43. The van der Waals surface area contributed by atoms with Gasteiger partial charge >= 0.3 is 0 Å². The predicted molar refractivity (Wildman–Crippen MR) is 170 cm³/mol. The lowest BCUT2D eigenvalue weighted by molar-refractivity contribution is 0.589. The third-order valence-electron chi connectivity index (χ3n) is 6.70. The highest BCUT2D eigenvalue weighted by molar-refractivity contribution is 7.80. The molecule has 0 atom stereocenters. The van der Waals surface area contributed by atoms with Gasteiger partial charge in [-0.05, 0) is 47.6 Å². The maximum Gasteiger partial charge on any atom is 0.112 e. The Hall–Kier alpha value is -3.22. The summed E-state index contributed by atoms with van der Waals surface area (Å²) in [5.74, 6) is 1.77. The van der Waals surface area contributed by atoms with Gasteiger partial charge in [-0.15, -0.1) is 0 Å². The molecule has 3 heteroatoms. The van der Waals surface area contributed by atoms with Crippen molar-refractivity contribution in [1.82, 2.24) is 0 Å². The highest BCUT2D eigenvalue weighted by Gasteiger charge is 2.25. The molecule has 4 aromatic rings. The minimum atomic E-state index is -0.743. The number of nitrogens with one attached hydrogen (secondary N) is 1. The van der Waals surface area contributed by atoms with Crippen molar-refractivity contribution in [2.75, 3.05) is 5.32 Å². The standard InChI is InChI=1S/C35H41N2P/c1-25(2)29-21-16-22-30(26(3)4)33(29)37-34(35(5,6)7)36-31-23-14-15-24-32(31)38(27-17-10-8-11-18-27)28-19-12-9-13-20-28/h8-26H,1-7H3,(H,36,37). The molecule has 0 saturated carbocycles. The van der Waals surface area contributed by atoms with E-state index in [-0.39, 0.29) is 5.41 Å². The van der Waals surface area contributed by atoms with E-state index in [9.17, 15) is 0 Å². The second kappa shape index (κ2) is 12.1. The summed E-state index contributed by atoms with van der Waals surface area (Å²) in [7, 11) is -0.743. The Kier molecular flexibility index (Phi) is 8.85. The number of aliphatic imine (C=N–C) groups is 1. The molecule has 0 bridgehead atoms. The highest BCUT2D eigenvalue weighted by atomic mass is 31.1. The Bertz CT molecular complexity index is 1300. The summed E-state index contributed by atoms with van der Waals surface area (Å²) in [6.07, 6.45) is 0. The Morgan fingerprint density at radius 3 is 1.58 bits per heavy atom. The van der Waals surface area contributed by atoms with Crippen molar-refractivity contribution >= 4 is 41.0 Å². The Morgan fingerprint density at radius 1 is 0.632 bits per heavy atom. The van der Waals surface area contributed by atoms with Gasteiger partial charge in [0.1, 0.15) is 5.84 Å². The lowest BCUT2D eigenvalue weighted by Crippen LogP contribution is -2.31. The van der Waals surface area contributed by atoms with E-state index in [1.807, 2.05) is 0 Å². The monoisotopic (exact) mass is 520 g/mol. The van der Waals surface area contributed by atoms with Gasteiger partial charge in [0.25, 0.3) is 0 Å². The largest absolute Gasteiger partial charge is 0.343 e. The maximum absolute atomic E-state index is 5.43. The van der Waals surface area contributed by atoms with Crippen LogP contribution in [0.15, 0.2) is 108 Å². The van der Waals surface area contributed by atoms with Crippen LogP contribution in [0.1, 0.15) is 71.4 Å². The number of para-hydroxylation sites is 2. The minimum Gasteiger partial charge on any atom is -0.343 e. The van der Waals surface area contributed by atoms with Crippen molar-refractivity contribution in [3.63, 3.8) is 0 Å². The molecule has 38 heavy (non-hydrogen) atoms. The summed E-state index contributed by atoms with van der Waals surface area (Å²) in [5.41, 5.74) is 4.65. The number of nitrogens with zero attached hydrogens (tertiary/aromatic N) is 1. The van der Waals surface area contributed by atoms with Crippen LogP contribution in [-0.4, -0.2) is 5.84 Å². The minimum absolute atomic E-state index is 0.173. The smallest absolute Gasteiger partial charge is 0.112 e. The lowest BCUT2D eigenvalue weighted by Gasteiger charge is -2.28. The van der Waals surface area contributed by atoms with Crippen LogP contribution in [0.2, 0.25) is 0 Å². The van der Waals surface area contributed by atoms with E-state index in [2.05, 4.69) is 157 Å². The molecule has 2 nitrogen and oxygen atoms in total. The quantitative estimate of drug-likeness (QED) is 0.147. The van der Waals surface area contributed by atoms with E-state index in [0.717, 1.165) is 17.2 Å². The zero-order chi connectivity index (χ0) is 27.3. The van der Waals surface area contributed by atoms with Crippen LogP contribution >= 0.6 is 7.92 Å². The Balaban J connectivity index is 1.88. The molecule has 1 N–H and O–H groups in total. The Morgan fingerprint density at radius 2 is 1.11 bits per heavy atom. The molecular weight excluding hydrogens is 479 g/mol. The van der Waals surface area contributed by atoms with Crippen LogP contribution in [0.3, 0.4) is 0 Å². The van der Waals surface area contributed by atoms with Gasteiger partial charge in [-0.3, -0.25) is 0 Å². The van der Waals surface area contributed by atoms with Gasteiger partial charge in [0, 0.05) is 16.4 Å². The van der Waals surface area contributed by atoms with Crippen LogP contribution in [0.25, 0.3) is 0 Å². The van der Waals surface area contributed by atoms with Gasteiger partial charge in [-0.25, -0.2) is 4.99 Å². The van der Waals surface area contributed by atoms with Crippen molar-refractivity contribution in [2.45, 2.75) is 60.3 Å². The van der Waals surface area contributed by atoms with Crippen LogP contribution in [0.4, 0.5) is 11.4 Å². The van der Waals surface area contributed by atoms with Gasteiger partial charge in [0.05, 0.1) is 5.69 Å². The van der Waals surface area contributed by atoms with Gasteiger partial charge in [0.15, 0.2) is 0 Å². The molecular formula is C35H41N2P. The molecule has 0 aliphatic rings. The highest BCUT2D eigenvalue weighted by Crippen LogP contribution is 2.38. The van der Waals surface area contributed by atoms with E-state index in [4.69, 9.17) is 4.99 Å². The molecule has 0 amide bonds. The molecule has 4 aromatic carbocycles. The summed E-state index contributed by atoms with van der Waals surface area (Å²) < 4.78 is 0. The van der Waals surface area contributed by atoms with Crippen molar-refractivity contribution in [3.05, 3.63) is 114 Å². The van der Waals surface area contributed by atoms with E-state index in [0.29, 0.717) is 11.8 Å². The fourth-order valence-corrected chi connectivity index (χ4v) is 7.02. The molecule has 0 fully saturated rings. The second-order valence-corrected chi connectivity index (χ2v) is 13.6. The van der Waals surface area contributed by atoms with Crippen molar-refractivity contribution in [3.8, 4) is 0 Å². The lowest BCUT2D eigenvalue weighted by atomic mass is 9.91. The van der Waals surface area contributed by atoms with E-state index < -0.39 is 7.92 Å². The molecule has 0 radical (unpaired) electrons. The average molecular weight is 521 g/mol. The van der Waals surface area contributed by atoms with Gasteiger partial charge in [-0.1, -0.05) is 146 Å².